The van der Waals surface area contributed by atoms with Crippen molar-refractivity contribution in [3.05, 3.63) is 23.8 Å². The average Bonchev–Trinajstić information content (AvgIpc) is 2.59. The zero-order chi connectivity index (χ0) is 16.2. The molecule has 0 bridgehead atoms. The lowest BCUT2D eigenvalue weighted by Crippen LogP contribution is -2.41. The Morgan fingerprint density at radius 1 is 1.22 bits per heavy atom. The first-order valence-corrected chi connectivity index (χ1v) is 7.80. The molecule has 2 aliphatic rings. The standard InChI is InChI=1S/C16H20N2O5/c19-15(12-2-1-3-13-14(12)23-9-8-22-13)17-10-11-4-6-18(7-5-11)16(20)21/h1-3,11H,4-10H2,(H,17,19)(H,20,21). The van der Waals surface area contributed by atoms with E-state index in [2.05, 4.69) is 5.32 Å². The lowest BCUT2D eigenvalue weighted by Gasteiger charge is -2.30. The van der Waals surface area contributed by atoms with E-state index in [0.717, 1.165) is 12.8 Å². The fourth-order valence-electron chi connectivity index (χ4n) is 2.91. The number of benzene rings is 1. The van der Waals surface area contributed by atoms with Gasteiger partial charge in [0.2, 0.25) is 0 Å². The van der Waals surface area contributed by atoms with Crippen LogP contribution in [0.3, 0.4) is 0 Å². The van der Waals surface area contributed by atoms with Gasteiger partial charge in [0.15, 0.2) is 11.5 Å². The van der Waals surface area contributed by atoms with E-state index in [-0.39, 0.29) is 5.91 Å². The Kier molecular flexibility index (Phi) is 4.55. The van der Waals surface area contributed by atoms with Gasteiger partial charge in [-0.3, -0.25) is 4.79 Å². The third kappa shape index (κ3) is 3.49. The zero-order valence-electron chi connectivity index (χ0n) is 12.8. The van der Waals surface area contributed by atoms with Crippen LogP contribution in [0.4, 0.5) is 4.79 Å². The lowest BCUT2D eigenvalue weighted by molar-refractivity contribution is 0.0918. The van der Waals surface area contributed by atoms with E-state index in [1.54, 1.807) is 18.2 Å². The van der Waals surface area contributed by atoms with Crippen molar-refractivity contribution in [3.63, 3.8) is 0 Å². The summed E-state index contributed by atoms with van der Waals surface area (Å²) in [6.45, 7) is 2.50. The molecule has 23 heavy (non-hydrogen) atoms. The number of piperidine rings is 1. The zero-order valence-corrected chi connectivity index (χ0v) is 12.8. The minimum Gasteiger partial charge on any atom is -0.486 e. The van der Waals surface area contributed by atoms with Gasteiger partial charge in [-0.15, -0.1) is 0 Å². The molecule has 3 rings (SSSR count). The van der Waals surface area contributed by atoms with Gasteiger partial charge < -0.3 is 24.8 Å². The molecule has 0 radical (unpaired) electrons. The molecular formula is C16H20N2O5. The quantitative estimate of drug-likeness (QED) is 0.883. The molecular weight excluding hydrogens is 300 g/mol. The molecule has 0 unspecified atom stereocenters. The smallest absolute Gasteiger partial charge is 0.407 e. The summed E-state index contributed by atoms with van der Waals surface area (Å²) in [4.78, 5) is 24.7. The van der Waals surface area contributed by atoms with E-state index in [0.29, 0.717) is 55.8 Å². The summed E-state index contributed by atoms with van der Waals surface area (Å²) in [7, 11) is 0. The van der Waals surface area contributed by atoms with Crippen LogP contribution in [0, 0.1) is 5.92 Å². The second-order valence-electron chi connectivity index (χ2n) is 5.75. The van der Waals surface area contributed by atoms with Gasteiger partial charge in [0, 0.05) is 19.6 Å². The van der Waals surface area contributed by atoms with Gasteiger partial charge in [-0.05, 0) is 30.9 Å². The number of para-hydroxylation sites is 1. The first-order chi connectivity index (χ1) is 11.1. The van der Waals surface area contributed by atoms with Crippen LogP contribution < -0.4 is 14.8 Å². The number of amides is 2. The second-order valence-corrected chi connectivity index (χ2v) is 5.75. The molecule has 1 aromatic carbocycles. The maximum atomic E-state index is 12.4. The normalized spacial score (nSPS) is 17.7. The molecule has 2 N–H and O–H groups in total. The van der Waals surface area contributed by atoms with Crippen LogP contribution in [-0.4, -0.2) is 54.9 Å². The van der Waals surface area contributed by atoms with Crippen molar-refractivity contribution >= 4 is 12.0 Å². The van der Waals surface area contributed by atoms with Crippen LogP contribution in [0.15, 0.2) is 18.2 Å². The molecule has 1 fully saturated rings. The topological polar surface area (TPSA) is 88.1 Å². The highest BCUT2D eigenvalue weighted by molar-refractivity contribution is 5.97. The van der Waals surface area contributed by atoms with Gasteiger partial charge >= 0.3 is 6.09 Å². The molecule has 2 heterocycles. The number of nitrogens with one attached hydrogen (secondary N) is 1. The molecule has 0 saturated carbocycles. The molecule has 2 amide bonds. The molecule has 0 atom stereocenters. The van der Waals surface area contributed by atoms with Crippen molar-refractivity contribution in [2.24, 2.45) is 5.92 Å². The van der Waals surface area contributed by atoms with E-state index < -0.39 is 6.09 Å². The number of hydrogen-bond donors (Lipinski definition) is 2. The van der Waals surface area contributed by atoms with Crippen LogP contribution in [0.25, 0.3) is 0 Å². The molecule has 0 aliphatic carbocycles. The largest absolute Gasteiger partial charge is 0.486 e. The van der Waals surface area contributed by atoms with E-state index in [4.69, 9.17) is 14.6 Å². The van der Waals surface area contributed by atoms with Crippen molar-refractivity contribution in [1.82, 2.24) is 10.2 Å². The number of fused-ring (bicyclic) bond motifs is 1. The Bertz CT molecular complexity index is 596. The van der Waals surface area contributed by atoms with Gasteiger partial charge in [0.05, 0.1) is 5.56 Å². The first-order valence-electron chi connectivity index (χ1n) is 7.80. The minimum atomic E-state index is -0.874. The first kappa shape index (κ1) is 15.5. The Balaban J connectivity index is 1.55. The molecule has 0 aromatic heterocycles. The highest BCUT2D eigenvalue weighted by Gasteiger charge is 2.24. The summed E-state index contributed by atoms with van der Waals surface area (Å²) < 4.78 is 11.0. The van der Waals surface area contributed by atoms with Crippen LogP contribution in [0.1, 0.15) is 23.2 Å². The van der Waals surface area contributed by atoms with E-state index >= 15 is 0 Å². The van der Waals surface area contributed by atoms with Crippen LogP contribution in [0.5, 0.6) is 11.5 Å². The van der Waals surface area contributed by atoms with E-state index in [1.165, 1.54) is 4.90 Å². The fourth-order valence-corrected chi connectivity index (χ4v) is 2.91. The second kappa shape index (κ2) is 6.76. The SMILES string of the molecule is O=C(NCC1CCN(C(=O)O)CC1)c1cccc2c1OCCO2. The van der Waals surface area contributed by atoms with Crippen molar-refractivity contribution in [3.8, 4) is 11.5 Å². The fraction of sp³-hybridized carbons (Fsp3) is 0.500. The Labute approximate surface area is 134 Å². The Hall–Kier alpha value is -2.44. The molecule has 1 saturated heterocycles. The van der Waals surface area contributed by atoms with E-state index in [9.17, 15) is 9.59 Å². The third-order valence-electron chi connectivity index (χ3n) is 4.25. The maximum absolute atomic E-state index is 12.4. The van der Waals surface area contributed by atoms with E-state index in [1.807, 2.05) is 0 Å². The van der Waals surface area contributed by atoms with Crippen molar-refractivity contribution < 1.29 is 24.2 Å². The molecule has 7 nitrogen and oxygen atoms in total. The van der Waals surface area contributed by atoms with Gasteiger partial charge in [-0.2, -0.15) is 0 Å². The number of hydrogen-bond acceptors (Lipinski definition) is 4. The maximum Gasteiger partial charge on any atom is 0.407 e. The summed E-state index contributed by atoms with van der Waals surface area (Å²) in [6.07, 6.45) is 0.651. The molecule has 0 spiro atoms. The summed E-state index contributed by atoms with van der Waals surface area (Å²) in [5.74, 6) is 1.20. The number of carbonyl (C=O) groups is 2. The number of ether oxygens (including phenoxy) is 2. The monoisotopic (exact) mass is 320 g/mol. The van der Waals surface area contributed by atoms with Crippen molar-refractivity contribution in [2.45, 2.75) is 12.8 Å². The average molecular weight is 320 g/mol. The van der Waals surface area contributed by atoms with Gasteiger partial charge in [-0.25, -0.2) is 4.79 Å². The highest BCUT2D eigenvalue weighted by atomic mass is 16.6. The van der Waals surface area contributed by atoms with Crippen molar-refractivity contribution in [2.75, 3.05) is 32.8 Å². The third-order valence-corrected chi connectivity index (χ3v) is 4.25. The van der Waals surface area contributed by atoms with Crippen LogP contribution in [0.2, 0.25) is 0 Å². The van der Waals surface area contributed by atoms with Gasteiger partial charge in [0.1, 0.15) is 13.2 Å². The number of rotatable bonds is 3. The van der Waals surface area contributed by atoms with Gasteiger partial charge in [-0.1, -0.05) is 6.07 Å². The Morgan fingerprint density at radius 2 is 1.96 bits per heavy atom. The van der Waals surface area contributed by atoms with Gasteiger partial charge in [0.25, 0.3) is 5.91 Å². The predicted octanol–water partition coefficient (Wildman–Crippen LogP) is 1.58. The summed E-state index contributed by atoms with van der Waals surface area (Å²) in [5.41, 5.74) is 0.477. The molecule has 124 valence electrons. The number of carboxylic acid groups (broad SMARTS) is 1. The number of likely N-dealkylation sites (tertiary alicyclic amines) is 1. The lowest BCUT2D eigenvalue weighted by atomic mass is 9.97. The van der Waals surface area contributed by atoms with Crippen LogP contribution in [-0.2, 0) is 0 Å². The summed E-state index contributed by atoms with van der Waals surface area (Å²) in [5, 5.41) is 11.9. The van der Waals surface area contributed by atoms with Crippen molar-refractivity contribution in [1.29, 1.82) is 0 Å². The summed E-state index contributed by atoms with van der Waals surface area (Å²) in [6, 6.07) is 5.27. The van der Waals surface area contributed by atoms with Crippen LogP contribution >= 0.6 is 0 Å². The number of carbonyl (C=O) groups excluding carboxylic acids is 1. The Morgan fingerprint density at radius 3 is 2.70 bits per heavy atom. The summed E-state index contributed by atoms with van der Waals surface area (Å²) >= 11 is 0. The molecule has 2 aliphatic heterocycles. The molecule has 7 heteroatoms. The number of nitrogens with zero attached hydrogens (tertiary/aromatic N) is 1. The highest BCUT2D eigenvalue weighted by Crippen LogP contribution is 2.33. The minimum absolute atomic E-state index is 0.187. The predicted molar refractivity (Wildman–Crippen MR) is 82.1 cm³/mol. The molecule has 1 aromatic rings.